The van der Waals surface area contributed by atoms with Crippen LogP contribution < -0.4 is 5.43 Å². The summed E-state index contributed by atoms with van der Waals surface area (Å²) in [5, 5.41) is -0.0290. The van der Waals surface area contributed by atoms with Crippen molar-refractivity contribution >= 4 is 45.9 Å². The minimum Gasteiger partial charge on any atom is -0.465 e. The first-order chi connectivity index (χ1) is 15.0. The van der Waals surface area contributed by atoms with E-state index in [2.05, 4.69) is 0 Å². The molecule has 0 saturated carbocycles. The lowest BCUT2D eigenvalue weighted by atomic mass is 10.1. The number of nitrogens with zero attached hydrogens (tertiary/aromatic N) is 1. The largest absolute Gasteiger partial charge is 0.465 e. The van der Waals surface area contributed by atoms with Gasteiger partial charge < -0.3 is 9.15 Å². The van der Waals surface area contributed by atoms with Crippen LogP contribution in [0.25, 0.3) is 28.4 Å². The molecule has 0 bridgehead atoms. The molecular weight excluding hydrogens is 418 g/mol. The highest BCUT2D eigenvalue weighted by molar-refractivity contribution is 8.18. The highest BCUT2D eigenvalue weighted by Crippen LogP contribution is 2.33. The number of benzene rings is 2. The zero-order valence-corrected chi connectivity index (χ0v) is 17.3. The molecule has 156 valence electrons. The van der Waals surface area contributed by atoms with Crippen LogP contribution in [0.4, 0.5) is 4.79 Å². The normalized spacial score (nSPS) is 15.1. The summed E-state index contributed by atoms with van der Waals surface area (Å²) in [6.07, 6.45) is 1.57. The van der Waals surface area contributed by atoms with Gasteiger partial charge in [-0.15, -0.1) is 0 Å². The second-order valence-corrected chi connectivity index (χ2v) is 7.66. The molecule has 1 saturated heterocycles. The number of para-hydroxylation sites is 1. The molecule has 1 aromatic heterocycles. The van der Waals surface area contributed by atoms with Crippen LogP contribution in [-0.2, 0) is 14.3 Å². The Morgan fingerprint density at radius 1 is 1.10 bits per heavy atom. The molecule has 1 aliphatic rings. The molecule has 0 unspecified atom stereocenters. The molecule has 0 spiro atoms. The third-order valence-electron chi connectivity index (χ3n) is 4.57. The molecule has 7 nitrogen and oxygen atoms in total. The van der Waals surface area contributed by atoms with E-state index in [1.807, 2.05) is 0 Å². The number of hydrogen-bond acceptors (Lipinski definition) is 7. The zero-order chi connectivity index (χ0) is 22.0. The van der Waals surface area contributed by atoms with Crippen molar-refractivity contribution in [1.29, 1.82) is 0 Å². The molecule has 0 aliphatic carbocycles. The number of rotatable bonds is 5. The first-order valence-electron chi connectivity index (χ1n) is 9.50. The fraction of sp³-hybridized carbons (Fsp3) is 0.130. The van der Waals surface area contributed by atoms with E-state index in [1.165, 1.54) is 6.07 Å². The number of ether oxygens (including phenoxy) is 1. The summed E-state index contributed by atoms with van der Waals surface area (Å²) in [4.78, 5) is 49.8. The Balaban J connectivity index is 1.63. The van der Waals surface area contributed by atoms with E-state index in [0.29, 0.717) is 27.9 Å². The number of hydrogen-bond donors (Lipinski definition) is 0. The van der Waals surface area contributed by atoms with Gasteiger partial charge in [-0.2, -0.15) is 0 Å². The van der Waals surface area contributed by atoms with Gasteiger partial charge in [-0.05, 0) is 48.5 Å². The highest BCUT2D eigenvalue weighted by atomic mass is 32.2. The van der Waals surface area contributed by atoms with Gasteiger partial charge in [0, 0.05) is 11.6 Å². The molecule has 8 heteroatoms. The molecule has 1 fully saturated rings. The van der Waals surface area contributed by atoms with Crippen molar-refractivity contribution in [2.75, 3.05) is 13.2 Å². The van der Waals surface area contributed by atoms with Gasteiger partial charge in [0.1, 0.15) is 17.9 Å². The molecule has 2 amide bonds. The van der Waals surface area contributed by atoms with Crippen molar-refractivity contribution in [3.8, 4) is 11.3 Å². The lowest BCUT2D eigenvalue weighted by Gasteiger charge is -2.10. The summed E-state index contributed by atoms with van der Waals surface area (Å²) < 4.78 is 10.7. The second kappa shape index (κ2) is 8.61. The molecule has 1 aliphatic heterocycles. The minimum atomic E-state index is -0.639. The van der Waals surface area contributed by atoms with E-state index < -0.39 is 23.7 Å². The Kier molecular flexibility index (Phi) is 5.73. The van der Waals surface area contributed by atoms with E-state index >= 15 is 0 Å². The van der Waals surface area contributed by atoms with E-state index in [1.54, 1.807) is 61.5 Å². The van der Waals surface area contributed by atoms with Crippen LogP contribution in [0.3, 0.4) is 0 Å². The first-order valence-corrected chi connectivity index (χ1v) is 10.3. The van der Waals surface area contributed by atoms with E-state index in [0.717, 1.165) is 16.7 Å². The maximum atomic E-state index is 12.6. The van der Waals surface area contributed by atoms with E-state index in [9.17, 15) is 19.2 Å². The van der Waals surface area contributed by atoms with Gasteiger partial charge in [-0.25, -0.2) is 0 Å². The Labute approximate surface area is 181 Å². The monoisotopic (exact) mass is 435 g/mol. The van der Waals surface area contributed by atoms with Crippen molar-refractivity contribution in [2.45, 2.75) is 6.92 Å². The Morgan fingerprint density at radius 3 is 2.71 bits per heavy atom. The van der Waals surface area contributed by atoms with Crippen LogP contribution in [0.1, 0.15) is 12.5 Å². The number of carbonyl (C=O) groups is 3. The molecule has 4 rings (SSSR count). The van der Waals surface area contributed by atoms with Gasteiger partial charge in [-0.3, -0.25) is 24.1 Å². The van der Waals surface area contributed by atoms with Crippen molar-refractivity contribution in [2.24, 2.45) is 0 Å². The molecule has 0 radical (unpaired) electrons. The summed E-state index contributed by atoms with van der Waals surface area (Å²) in [5.74, 6) is -0.792. The topological polar surface area (TPSA) is 93.9 Å². The van der Waals surface area contributed by atoms with Crippen molar-refractivity contribution in [3.05, 3.63) is 75.3 Å². The summed E-state index contributed by atoms with van der Waals surface area (Å²) >= 11 is 0.760. The highest BCUT2D eigenvalue weighted by Gasteiger charge is 2.36. The number of fused-ring (bicyclic) bond motifs is 1. The molecule has 31 heavy (non-hydrogen) atoms. The molecule has 0 atom stereocenters. The average Bonchev–Trinajstić information content (AvgIpc) is 3.01. The molecule has 0 N–H and O–H groups in total. The summed E-state index contributed by atoms with van der Waals surface area (Å²) in [6, 6.07) is 15.5. The Bertz CT molecular complexity index is 1290. The quantitative estimate of drug-likeness (QED) is 0.441. The molecule has 3 aromatic rings. The van der Waals surface area contributed by atoms with E-state index in [-0.39, 0.29) is 16.9 Å². The lowest BCUT2D eigenvalue weighted by molar-refractivity contribution is -0.145. The number of carbonyl (C=O) groups excluding carboxylic acids is 3. The third kappa shape index (κ3) is 4.29. The minimum absolute atomic E-state index is 0.151. The van der Waals surface area contributed by atoms with Gasteiger partial charge in [0.05, 0.1) is 16.9 Å². The second-order valence-electron chi connectivity index (χ2n) is 6.67. The van der Waals surface area contributed by atoms with Crippen molar-refractivity contribution in [1.82, 2.24) is 4.90 Å². The average molecular weight is 435 g/mol. The van der Waals surface area contributed by atoms with Crippen LogP contribution in [0.15, 0.2) is 68.7 Å². The maximum Gasteiger partial charge on any atom is 0.326 e. The smallest absolute Gasteiger partial charge is 0.326 e. The standard InChI is InChI=1S/C23H17NO6S/c1-2-29-21(26)13-24-22(27)20(31-23(24)28)11-14-6-5-7-15(10-14)19-12-17(25)16-8-3-4-9-18(16)30-19/h3-12H,2,13H2,1H3/b20-11-. The lowest BCUT2D eigenvalue weighted by Crippen LogP contribution is -2.34. The number of amides is 2. The molecule has 2 aromatic carbocycles. The summed E-state index contributed by atoms with van der Waals surface area (Å²) in [7, 11) is 0. The van der Waals surface area contributed by atoms with Gasteiger partial charge in [0.2, 0.25) is 0 Å². The fourth-order valence-corrected chi connectivity index (χ4v) is 3.99. The van der Waals surface area contributed by atoms with Gasteiger partial charge in [0.15, 0.2) is 5.43 Å². The number of thioether (sulfide) groups is 1. The molecule has 2 heterocycles. The van der Waals surface area contributed by atoms with Gasteiger partial charge in [0.25, 0.3) is 11.1 Å². The molecular formula is C23H17NO6S. The first kappa shape index (κ1) is 20.6. The summed E-state index contributed by atoms with van der Waals surface area (Å²) in [6.45, 7) is 1.40. The van der Waals surface area contributed by atoms with Crippen molar-refractivity contribution in [3.63, 3.8) is 0 Å². The Hall–Kier alpha value is -3.65. The predicted molar refractivity (Wildman–Crippen MR) is 117 cm³/mol. The Morgan fingerprint density at radius 2 is 1.90 bits per heavy atom. The predicted octanol–water partition coefficient (Wildman–Crippen LogP) is 4.06. The van der Waals surface area contributed by atoms with Crippen LogP contribution in [0.2, 0.25) is 0 Å². The fourth-order valence-electron chi connectivity index (χ4n) is 3.15. The van der Waals surface area contributed by atoms with Gasteiger partial charge in [-0.1, -0.05) is 30.3 Å². The van der Waals surface area contributed by atoms with Crippen LogP contribution in [0, 0.1) is 0 Å². The maximum absolute atomic E-state index is 12.6. The third-order valence-corrected chi connectivity index (χ3v) is 5.48. The summed E-state index contributed by atoms with van der Waals surface area (Å²) in [5.41, 5.74) is 1.63. The number of esters is 1. The van der Waals surface area contributed by atoms with Crippen LogP contribution >= 0.6 is 11.8 Å². The van der Waals surface area contributed by atoms with E-state index in [4.69, 9.17) is 9.15 Å². The zero-order valence-electron chi connectivity index (χ0n) is 16.5. The number of imide groups is 1. The van der Waals surface area contributed by atoms with Crippen LogP contribution in [0.5, 0.6) is 0 Å². The van der Waals surface area contributed by atoms with Crippen LogP contribution in [-0.4, -0.2) is 35.2 Å². The SMILES string of the molecule is CCOC(=O)CN1C(=O)S/C(=C\c2cccc(-c3cc(=O)c4ccccc4o3)c2)C1=O. The van der Waals surface area contributed by atoms with Gasteiger partial charge >= 0.3 is 5.97 Å². The van der Waals surface area contributed by atoms with Crippen molar-refractivity contribution < 1.29 is 23.5 Å².